The molecule has 1 unspecified atom stereocenters. The average molecular weight is 380 g/mol. The Balaban J connectivity index is 1.91. The number of hydrogen-bond donors (Lipinski definition) is 1. The van der Waals surface area contributed by atoms with Gasteiger partial charge in [-0.15, -0.1) is 0 Å². The van der Waals surface area contributed by atoms with E-state index in [1.54, 1.807) is 38.1 Å². The lowest BCUT2D eigenvalue weighted by Gasteiger charge is -2.32. The van der Waals surface area contributed by atoms with Crippen molar-refractivity contribution in [2.24, 2.45) is 5.10 Å². The number of amides is 2. The summed E-state index contributed by atoms with van der Waals surface area (Å²) < 4.78 is 5.19. The minimum absolute atomic E-state index is 0.0101. The van der Waals surface area contributed by atoms with Crippen molar-refractivity contribution in [1.82, 2.24) is 10.4 Å². The highest BCUT2D eigenvalue weighted by molar-refractivity contribution is 6.48. The van der Waals surface area contributed by atoms with Crippen LogP contribution < -0.4 is 10.3 Å². The average Bonchev–Trinajstić information content (AvgIpc) is 2.98. The lowest BCUT2D eigenvalue weighted by molar-refractivity contribution is -0.149. The van der Waals surface area contributed by atoms with Gasteiger partial charge < -0.3 is 4.74 Å². The Hall–Kier alpha value is -3.55. The Bertz CT molecular complexity index is 914. The third kappa shape index (κ3) is 3.62. The van der Waals surface area contributed by atoms with Gasteiger partial charge in [0.05, 0.1) is 6.61 Å². The van der Waals surface area contributed by atoms with Crippen LogP contribution in [0.4, 0.5) is 5.69 Å². The Labute approximate surface area is 162 Å². The van der Waals surface area contributed by atoms with Gasteiger partial charge in [0.1, 0.15) is 11.3 Å². The number of hydrazone groups is 1. The summed E-state index contributed by atoms with van der Waals surface area (Å²) in [7, 11) is 0. The van der Waals surface area contributed by atoms with Gasteiger partial charge in [-0.05, 0) is 38.1 Å². The molecule has 2 aromatic rings. The van der Waals surface area contributed by atoms with Crippen molar-refractivity contribution in [1.29, 1.82) is 0 Å². The van der Waals surface area contributed by atoms with Crippen molar-refractivity contribution in [3.63, 3.8) is 0 Å². The fourth-order valence-electron chi connectivity index (χ4n) is 3.04. The van der Waals surface area contributed by atoms with Gasteiger partial charge in [-0.25, -0.2) is 10.2 Å². The Morgan fingerprint density at radius 1 is 1.21 bits per heavy atom. The quantitative estimate of drug-likeness (QED) is 0.631. The van der Waals surface area contributed by atoms with Crippen molar-refractivity contribution in [2.75, 3.05) is 11.5 Å². The second kappa shape index (κ2) is 7.99. The van der Waals surface area contributed by atoms with Crippen LogP contribution in [-0.2, 0) is 14.3 Å². The molecule has 0 radical (unpaired) electrons. The van der Waals surface area contributed by atoms with E-state index in [9.17, 15) is 14.4 Å². The maximum Gasteiger partial charge on any atom is 0.332 e. The van der Waals surface area contributed by atoms with Gasteiger partial charge in [-0.1, -0.05) is 18.2 Å². The lowest BCUT2D eigenvalue weighted by atomic mass is 9.98. The number of carbonyl (C=O) groups is 3. The number of para-hydroxylation sites is 1. The van der Waals surface area contributed by atoms with Crippen molar-refractivity contribution in [3.8, 4) is 0 Å². The van der Waals surface area contributed by atoms with E-state index < -0.39 is 23.3 Å². The van der Waals surface area contributed by atoms with Gasteiger partial charge >= 0.3 is 5.97 Å². The van der Waals surface area contributed by atoms with Crippen LogP contribution in [0.1, 0.15) is 30.6 Å². The molecular formula is C20H20N4O4. The number of ether oxygens (including phenoxy) is 1. The highest BCUT2D eigenvalue weighted by Gasteiger charge is 2.53. The fourth-order valence-corrected chi connectivity index (χ4v) is 3.04. The molecule has 1 fully saturated rings. The van der Waals surface area contributed by atoms with Crippen molar-refractivity contribution in [3.05, 3.63) is 60.4 Å². The molecule has 1 atom stereocenters. The molecule has 0 spiro atoms. The van der Waals surface area contributed by atoms with Crippen LogP contribution in [-0.4, -0.2) is 40.6 Å². The molecule has 0 aliphatic carbocycles. The predicted molar refractivity (Wildman–Crippen MR) is 103 cm³/mol. The summed E-state index contributed by atoms with van der Waals surface area (Å²) in [6.07, 6.45) is 2.98. The highest BCUT2D eigenvalue weighted by atomic mass is 16.5. The van der Waals surface area contributed by atoms with Gasteiger partial charge in [-0.3, -0.25) is 19.5 Å². The summed E-state index contributed by atoms with van der Waals surface area (Å²) in [5.74, 6) is -1.46. The zero-order valence-electron chi connectivity index (χ0n) is 15.6. The first kappa shape index (κ1) is 19.2. The summed E-state index contributed by atoms with van der Waals surface area (Å²) in [4.78, 5) is 43.0. The number of anilines is 1. The second-order valence-corrected chi connectivity index (χ2v) is 6.38. The van der Waals surface area contributed by atoms with Gasteiger partial charge in [0.2, 0.25) is 0 Å². The van der Waals surface area contributed by atoms with Crippen LogP contribution in [0.2, 0.25) is 0 Å². The number of esters is 1. The van der Waals surface area contributed by atoms with Crippen LogP contribution in [0.5, 0.6) is 0 Å². The number of nitrogens with one attached hydrogen (secondary N) is 1. The molecule has 8 nitrogen and oxygen atoms in total. The molecule has 2 heterocycles. The molecule has 0 bridgehead atoms. The normalized spacial score (nSPS) is 20.3. The van der Waals surface area contributed by atoms with Crippen molar-refractivity contribution >= 4 is 29.2 Å². The number of nitrogens with zero attached hydrogens (tertiary/aromatic N) is 3. The molecular weight excluding hydrogens is 360 g/mol. The van der Waals surface area contributed by atoms with Crippen molar-refractivity contribution < 1.29 is 19.1 Å². The highest BCUT2D eigenvalue weighted by Crippen LogP contribution is 2.34. The van der Waals surface area contributed by atoms with Crippen LogP contribution in [0.25, 0.3) is 0 Å². The summed E-state index contributed by atoms with van der Waals surface area (Å²) in [6, 6.07) is 11.9. The fraction of sp³-hybridized carbons (Fsp3) is 0.250. The van der Waals surface area contributed by atoms with E-state index in [0.717, 1.165) is 0 Å². The zero-order chi connectivity index (χ0) is 20.1. The number of hydrogen-bond acceptors (Lipinski definition) is 6. The summed E-state index contributed by atoms with van der Waals surface area (Å²) in [6.45, 7) is 3.52. The molecule has 1 aromatic carbocycles. The molecule has 2 amide bonds. The lowest BCUT2D eigenvalue weighted by Crippen LogP contribution is -2.50. The third-order valence-electron chi connectivity index (χ3n) is 4.42. The maximum absolute atomic E-state index is 13.0. The summed E-state index contributed by atoms with van der Waals surface area (Å²) in [5.41, 5.74) is 2.10. The predicted octanol–water partition coefficient (Wildman–Crippen LogP) is 1.93. The Kier molecular flexibility index (Phi) is 5.49. The molecule has 1 N–H and O–H groups in total. The minimum atomic E-state index is -1.26. The van der Waals surface area contributed by atoms with Gasteiger partial charge in [-0.2, -0.15) is 5.10 Å². The topological polar surface area (TPSA) is 101 Å². The van der Waals surface area contributed by atoms with E-state index in [1.807, 2.05) is 6.07 Å². The van der Waals surface area contributed by atoms with Crippen LogP contribution in [0.3, 0.4) is 0 Å². The number of rotatable bonds is 5. The maximum atomic E-state index is 13.0. The second-order valence-electron chi connectivity index (χ2n) is 6.38. The largest absolute Gasteiger partial charge is 0.464 e. The van der Waals surface area contributed by atoms with E-state index in [-0.39, 0.29) is 18.7 Å². The van der Waals surface area contributed by atoms with Crippen LogP contribution >= 0.6 is 0 Å². The molecule has 1 aliphatic rings. The number of pyridine rings is 1. The van der Waals surface area contributed by atoms with E-state index in [1.165, 1.54) is 29.4 Å². The van der Waals surface area contributed by atoms with Crippen molar-refractivity contribution in [2.45, 2.75) is 25.8 Å². The first-order chi connectivity index (χ1) is 13.5. The third-order valence-corrected chi connectivity index (χ3v) is 4.42. The SMILES string of the molecule is CCOC(=O)C1(C)CC(=NNC(=O)c2ccncc2)C(=O)N1c1ccccc1. The standard InChI is InChI=1S/C20H20N4O4/c1-3-28-19(27)20(2)13-16(18(26)24(20)15-7-5-4-6-8-15)22-23-17(25)14-9-11-21-12-10-14/h4-12H,3,13H2,1-2H3,(H,23,25). The van der Waals surface area contributed by atoms with E-state index >= 15 is 0 Å². The monoisotopic (exact) mass is 380 g/mol. The first-order valence-corrected chi connectivity index (χ1v) is 8.81. The van der Waals surface area contributed by atoms with E-state index in [4.69, 9.17) is 4.74 Å². The number of benzene rings is 1. The number of carbonyl (C=O) groups excluding carboxylic acids is 3. The molecule has 8 heteroatoms. The van der Waals surface area contributed by atoms with Gasteiger partial charge in [0.15, 0.2) is 0 Å². The molecule has 144 valence electrons. The van der Waals surface area contributed by atoms with Gasteiger partial charge in [0, 0.05) is 30.1 Å². The minimum Gasteiger partial charge on any atom is -0.464 e. The zero-order valence-corrected chi connectivity index (χ0v) is 15.6. The molecule has 28 heavy (non-hydrogen) atoms. The first-order valence-electron chi connectivity index (χ1n) is 8.81. The number of aromatic nitrogens is 1. The molecule has 3 rings (SSSR count). The molecule has 1 aliphatic heterocycles. The summed E-state index contributed by atoms with van der Waals surface area (Å²) >= 11 is 0. The molecule has 1 aromatic heterocycles. The molecule has 1 saturated heterocycles. The van der Waals surface area contributed by atoms with Crippen LogP contribution in [0.15, 0.2) is 60.0 Å². The molecule has 0 saturated carbocycles. The smallest absolute Gasteiger partial charge is 0.332 e. The van der Waals surface area contributed by atoms with Gasteiger partial charge in [0.25, 0.3) is 11.8 Å². The van der Waals surface area contributed by atoms with Crippen LogP contribution in [0, 0.1) is 0 Å². The Morgan fingerprint density at radius 3 is 2.54 bits per heavy atom. The van der Waals surface area contributed by atoms with E-state index in [2.05, 4.69) is 15.5 Å². The summed E-state index contributed by atoms with van der Waals surface area (Å²) in [5, 5.41) is 3.99. The Morgan fingerprint density at radius 2 is 1.89 bits per heavy atom. The van der Waals surface area contributed by atoms with E-state index in [0.29, 0.717) is 11.3 Å².